The van der Waals surface area contributed by atoms with Gasteiger partial charge in [-0.05, 0) is 12.8 Å². The molecule has 10 heteroatoms. The van der Waals surface area contributed by atoms with Crippen molar-refractivity contribution in [3.8, 4) is 0 Å². The number of hydrogen-bond donors (Lipinski definition) is 2. The number of carbonyl (C=O) groups excluding carboxylic acids is 2. The molecule has 0 radical (unpaired) electrons. The number of rotatable bonds is 24. The highest BCUT2D eigenvalue weighted by atomic mass is 16.6. The number of aliphatic hydroxyl groups excluding tert-OH is 1. The van der Waals surface area contributed by atoms with Crippen molar-refractivity contribution in [3.63, 3.8) is 0 Å². The third-order valence-electron chi connectivity index (χ3n) is 8.09. The van der Waals surface area contributed by atoms with E-state index in [4.69, 9.17) is 14.2 Å². The maximum absolute atomic E-state index is 12.9. The van der Waals surface area contributed by atoms with Gasteiger partial charge in [-0.15, -0.1) is 0 Å². The molecule has 0 bridgehead atoms. The summed E-state index contributed by atoms with van der Waals surface area (Å²) in [5.41, 5.74) is -1.34. The van der Waals surface area contributed by atoms with E-state index in [1.807, 2.05) is 0 Å². The number of aromatic nitrogens is 2. The number of aromatic amines is 1. The van der Waals surface area contributed by atoms with Gasteiger partial charge in [0.05, 0.1) is 6.61 Å². The van der Waals surface area contributed by atoms with Gasteiger partial charge < -0.3 is 19.3 Å². The number of unbranched alkanes of at least 4 members (excludes halogenated alkanes) is 16. The van der Waals surface area contributed by atoms with Crippen LogP contribution >= 0.6 is 0 Å². The Balaban J connectivity index is 1.93. The molecule has 0 aromatic carbocycles. The second-order valence-corrected chi connectivity index (χ2v) is 11.8. The SMILES string of the molecule is CCCCCCCCCCCC(=O)O[C@@H]1[C@H](OC(=O)CCCCCCCCCCC)[C@@H](CO)O[C@H]1n1ccc(=O)[nH]c1=O. The van der Waals surface area contributed by atoms with Crippen LogP contribution < -0.4 is 11.2 Å². The highest BCUT2D eigenvalue weighted by Gasteiger charge is 2.50. The Kier molecular flexibility index (Phi) is 18.9. The van der Waals surface area contributed by atoms with Crippen LogP contribution in [0.15, 0.2) is 21.9 Å². The third-order valence-corrected chi connectivity index (χ3v) is 8.09. The molecule has 1 aromatic rings. The summed E-state index contributed by atoms with van der Waals surface area (Å²) in [5.74, 6) is -0.956. The molecule has 2 N–H and O–H groups in total. The Labute approximate surface area is 256 Å². The number of hydrogen-bond acceptors (Lipinski definition) is 8. The molecular formula is C33H56N2O8. The lowest BCUT2D eigenvalue weighted by Gasteiger charge is -2.24. The minimum Gasteiger partial charge on any atom is -0.455 e. The van der Waals surface area contributed by atoms with Gasteiger partial charge in [0.2, 0.25) is 0 Å². The first kappa shape index (κ1) is 36.7. The minimum atomic E-state index is -1.17. The maximum Gasteiger partial charge on any atom is 0.330 e. The summed E-state index contributed by atoms with van der Waals surface area (Å²) in [6.45, 7) is 3.90. The molecule has 0 aliphatic carbocycles. The van der Waals surface area contributed by atoms with Crippen molar-refractivity contribution in [2.45, 2.75) is 167 Å². The van der Waals surface area contributed by atoms with Gasteiger partial charge in [0.25, 0.3) is 5.56 Å². The molecule has 0 saturated carbocycles. The Bertz CT molecular complexity index is 1020. The Morgan fingerprint density at radius 3 is 1.63 bits per heavy atom. The second-order valence-electron chi connectivity index (χ2n) is 11.8. The number of nitrogens with one attached hydrogen (secondary N) is 1. The van der Waals surface area contributed by atoms with Crippen LogP contribution in [0.4, 0.5) is 0 Å². The van der Waals surface area contributed by atoms with Crippen molar-refractivity contribution in [1.82, 2.24) is 9.55 Å². The van der Waals surface area contributed by atoms with Crippen molar-refractivity contribution < 1.29 is 28.9 Å². The lowest BCUT2D eigenvalue weighted by molar-refractivity contribution is -0.169. The predicted octanol–water partition coefficient (Wildman–Crippen LogP) is 6.09. The van der Waals surface area contributed by atoms with E-state index in [9.17, 15) is 24.3 Å². The zero-order valence-electron chi connectivity index (χ0n) is 26.6. The molecule has 0 spiro atoms. The number of H-pyrrole nitrogens is 1. The van der Waals surface area contributed by atoms with Crippen molar-refractivity contribution in [3.05, 3.63) is 33.1 Å². The van der Waals surface area contributed by atoms with E-state index in [2.05, 4.69) is 18.8 Å². The van der Waals surface area contributed by atoms with Crippen LogP contribution in [0.5, 0.6) is 0 Å². The molecule has 4 atom stereocenters. The number of carbonyl (C=O) groups is 2. The summed E-state index contributed by atoms with van der Waals surface area (Å²) < 4.78 is 18.5. The fourth-order valence-electron chi connectivity index (χ4n) is 5.56. The quantitative estimate of drug-likeness (QED) is 0.106. The fraction of sp³-hybridized carbons (Fsp3) is 0.818. The molecule has 1 aliphatic heterocycles. The predicted molar refractivity (Wildman–Crippen MR) is 166 cm³/mol. The van der Waals surface area contributed by atoms with Crippen LogP contribution in [-0.2, 0) is 23.8 Å². The molecule has 43 heavy (non-hydrogen) atoms. The molecule has 2 rings (SSSR count). The lowest BCUT2D eigenvalue weighted by Crippen LogP contribution is -2.42. The zero-order chi connectivity index (χ0) is 31.3. The van der Waals surface area contributed by atoms with E-state index in [1.54, 1.807) is 0 Å². The summed E-state index contributed by atoms with van der Waals surface area (Å²) in [7, 11) is 0. The Morgan fingerprint density at radius 1 is 0.744 bits per heavy atom. The van der Waals surface area contributed by atoms with Gasteiger partial charge in [0.1, 0.15) is 6.10 Å². The topological polar surface area (TPSA) is 137 Å². The summed E-state index contributed by atoms with van der Waals surface area (Å²) >= 11 is 0. The molecule has 1 saturated heterocycles. The summed E-state index contributed by atoms with van der Waals surface area (Å²) in [4.78, 5) is 52.0. The highest BCUT2D eigenvalue weighted by Crippen LogP contribution is 2.33. The van der Waals surface area contributed by atoms with Crippen LogP contribution in [0, 0.1) is 0 Å². The van der Waals surface area contributed by atoms with E-state index in [0.29, 0.717) is 12.8 Å². The van der Waals surface area contributed by atoms with E-state index in [0.717, 1.165) is 49.2 Å². The average molecular weight is 609 g/mol. The maximum atomic E-state index is 12.9. The molecule has 10 nitrogen and oxygen atoms in total. The van der Waals surface area contributed by atoms with Crippen LogP contribution in [0.3, 0.4) is 0 Å². The van der Waals surface area contributed by atoms with Gasteiger partial charge in [-0.25, -0.2) is 4.79 Å². The largest absolute Gasteiger partial charge is 0.455 e. The summed E-state index contributed by atoms with van der Waals surface area (Å²) in [6, 6.07) is 1.16. The van der Waals surface area contributed by atoms with Gasteiger partial charge in [-0.1, -0.05) is 117 Å². The third kappa shape index (κ3) is 14.2. The fourth-order valence-corrected chi connectivity index (χ4v) is 5.56. The van der Waals surface area contributed by atoms with Crippen molar-refractivity contribution in [1.29, 1.82) is 0 Å². The minimum absolute atomic E-state index is 0.183. The van der Waals surface area contributed by atoms with Crippen LogP contribution in [-0.4, -0.2) is 51.5 Å². The Morgan fingerprint density at radius 2 is 1.19 bits per heavy atom. The van der Waals surface area contributed by atoms with E-state index >= 15 is 0 Å². The van der Waals surface area contributed by atoms with Crippen molar-refractivity contribution >= 4 is 11.9 Å². The number of esters is 2. The number of nitrogens with zero attached hydrogens (tertiary/aromatic N) is 1. The second kappa shape index (κ2) is 22.1. The van der Waals surface area contributed by atoms with E-state index < -0.39 is 54.3 Å². The normalized spacial score (nSPS) is 19.9. The first-order chi connectivity index (χ1) is 20.9. The molecule has 0 unspecified atom stereocenters. The van der Waals surface area contributed by atoms with Gasteiger partial charge in [-0.3, -0.25) is 23.9 Å². The van der Waals surface area contributed by atoms with Gasteiger partial charge in [0.15, 0.2) is 18.4 Å². The lowest BCUT2D eigenvalue weighted by atomic mass is 10.1. The smallest absolute Gasteiger partial charge is 0.330 e. The molecule has 1 aromatic heterocycles. The standard InChI is InChI=1S/C33H56N2O8/c1-3-5-7-9-11-13-15-17-19-21-28(38)42-30-26(25-36)41-32(35-24-23-27(37)34-33(35)40)31(30)43-29(39)22-20-18-16-14-12-10-8-6-4-2/h23-24,26,30-32,36H,3-22,25H2,1-2H3,(H,34,37,40)/t26-,30-,31-,32-/m1/s1. The summed E-state index contributed by atoms with van der Waals surface area (Å²) in [5, 5.41) is 10.0. The molecule has 0 amide bonds. The van der Waals surface area contributed by atoms with Crippen molar-refractivity contribution in [2.24, 2.45) is 0 Å². The van der Waals surface area contributed by atoms with Gasteiger partial charge >= 0.3 is 17.6 Å². The monoisotopic (exact) mass is 608 g/mol. The first-order valence-corrected chi connectivity index (χ1v) is 16.9. The summed E-state index contributed by atoms with van der Waals surface area (Å²) in [6.07, 6.45) is 17.2. The van der Waals surface area contributed by atoms with Gasteiger partial charge in [-0.2, -0.15) is 0 Å². The number of ether oxygens (including phenoxy) is 3. The van der Waals surface area contributed by atoms with E-state index in [-0.39, 0.29) is 12.8 Å². The molecule has 1 fully saturated rings. The highest BCUT2D eigenvalue weighted by molar-refractivity contribution is 5.70. The first-order valence-electron chi connectivity index (χ1n) is 16.9. The van der Waals surface area contributed by atoms with E-state index in [1.165, 1.54) is 70.4 Å². The van der Waals surface area contributed by atoms with Crippen LogP contribution in [0.25, 0.3) is 0 Å². The number of aliphatic hydroxyl groups is 1. The average Bonchev–Trinajstić information content (AvgIpc) is 3.31. The molecule has 246 valence electrons. The molecule has 2 heterocycles. The zero-order valence-corrected chi connectivity index (χ0v) is 26.6. The van der Waals surface area contributed by atoms with Crippen LogP contribution in [0.1, 0.15) is 148 Å². The Hall–Kier alpha value is -2.46. The molecule has 1 aliphatic rings. The van der Waals surface area contributed by atoms with Gasteiger partial charge in [0, 0.05) is 25.1 Å². The van der Waals surface area contributed by atoms with Crippen molar-refractivity contribution in [2.75, 3.05) is 6.61 Å². The van der Waals surface area contributed by atoms with Crippen LogP contribution in [0.2, 0.25) is 0 Å². The molecular weight excluding hydrogens is 552 g/mol.